The molecule has 0 aliphatic rings. The van der Waals surface area contributed by atoms with Gasteiger partial charge in [0.1, 0.15) is 30.8 Å². The third-order valence-corrected chi connectivity index (χ3v) is 7.79. The Morgan fingerprint density at radius 2 is 1.39 bits per heavy atom. The van der Waals surface area contributed by atoms with Crippen LogP contribution in [0.5, 0.6) is 11.5 Å². The van der Waals surface area contributed by atoms with Crippen LogP contribution in [0.2, 0.25) is 0 Å². The van der Waals surface area contributed by atoms with Gasteiger partial charge in [0.2, 0.25) is 5.91 Å². The zero-order valence-electron chi connectivity index (χ0n) is 27.2. The molecule has 9 nitrogen and oxygen atoms in total. The molecule has 1 atom stereocenters. The monoisotopic (exact) mass is 657 g/mol. The Morgan fingerprint density at radius 1 is 0.755 bits per heavy atom. The lowest BCUT2D eigenvalue weighted by molar-refractivity contribution is -0.128. The highest BCUT2D eigenvalue weighted by molar-refractivity contribution is 6.10. The predicted octanol–water partition coefficient (Wildman–Crippen LogP) is 6.81. The number of nitrogens with one attached hydrogen (secondary N) is 2. The number of nitrogens with two attached hydrogens (primary N) is 1. The summed E-state index contributed by atoms with van der Waals surface area (Å²) in [5.74, 6) is -0.349. The first-order valence-electron chi connectivity index (χ1n) is 16.0. The fourth-order valence-corrected chi connectivity index (χ4v) is 5.55. The van der Waals surface area contributed by atoms with Gasteiger partial charge in [-0.3, -0.25) is 9.59 Å². The number of hydrogen-bond donors (Lipinski definition) is 3. The van der Waals surface area contributed by atoms with Gasteiger partial charge in [-0.15, -0.1) is 0 Å². The van der Waals surface area contributed by atoms with Crippen LogP contribution in [0.25, 0.3) is 32.7 Å². The molecule has 0 spiro atoms. The molecule has 5 aromatic rings. The quantitative estimate of drug-likeness (QED) is 0.0786. The van der Waals surface area contributed by atoms with Crippen molar-refractivity contribution in [1.82, 2.24) is 5.32 Å². The van der Waals surface area contributed by atoms with Gasteiger partial charge in [0.05, 0.1) is 5.56 Å². The summed E-state index contributed by atoms with van der Waals surface area (Å²) < 4.78 is 17.5. The van der Waals surface area contributed by atoms with E-state index >= 15 is 0 Å². The Balaban J connectivity index is 1.40. The Kier molecular flexibility index (Phi) is 11.8. The molecule has 9 heteroatoms. The van der Waals surface area contributed by atoms with Crippen LogP contribution in [0.1, 0.15) is 23.2 Å². The molecular weight excluding hydrogens is 618 g/mol. The maximum absolute atomic E-state index is 13.4. The summed E-state index contributed by atoms with van der Waals surface area (Å²) >= 11 is 0. The first-order chi connectivity index (χ1) is 23.9. The molecule has 5 rings (SSSR count). The molecule has 0 bridgehead atoms. The van der Waals surface area contributed by atoms with Gasteiger partial charge in [0.15, 0.2) is 6.61 Å². The normalized spacial score (nSPS) is 11.4. The SMILES string of the molecule is C=CCOC(=O)c1cccc(NC(=O)[C@@H](CCCN)NC(=O)COc2ccc3ccccc3c2-c2c(OCC=C)ccc3ccccc23)c1. The molecule has 0 saturated heterocycles. The van der Waals surface area contributed by atoms with Crippen LogP contribution in [-0.2, 0) is 14.3 Å². The Hall–Kier alpha value is -5.93. The molecule has 5 aromatic carbocycles. The lowest BCUT2D eigenvalue weighted by atomic mass is 9.92. The molecule has 2 amide bonds. The number of carbonyl (C=O) groups excluding carboxylic acids is 3. The van der Waals surface area contributed by atoms with Crippen LogP contribution >= 0.6 is 0 Å². The first-order valence-corrected chi connectivity index (χ1v) is 16.0. The zero-order valence-corrected chi connectivity index (χ0v) is 27.2. The van der Waals surface area contributed by atoms with E-state index in [-0.39, 0.29) is 18.8 Å². The molecular formula is C40H39N3O6. The maximum atomic E-state index is 13.4. The van der Waals surface area contributed by atoms with E-state index in [1.165, 1.54) is 12.1 Å². The van der Waals surface area contributed by atoms with Gasteiger partial charge in [-0.25, -0.2) is 4.79 Å². The van der Waals surface area contributed by atoms with Crippen LogP contribution in [-0.4, -0.2) is 50.2 Å². The van der Waals surface area contributed by atoms with Gasteiger partial charge in [-0.2, -0.15) is 0 Å². The molecule has 0 fully saturated rings. The average molecular weight is 658 g/mol. The van der Waals surface area contributed by atoms with Gasteiger partial charge in [0, 0.05) is 16.8 Å². The van der Waals surface area contributed by atoms with Crippen molar-refractivity contribution in [3.63, 3.8) is 0 Å². The number of hydrogen-bond acceptors (Lipinski definition) is 7. The van der Waals surface area contributed by atoms with Crippen molar-refractivity contribution >= 4 is 45.0 Å². The third kappa shape index (κ3) is 8.51. The smallest absolute Gasteiger partial charge is 0.338 e. The summed E-state index contributed by atoms with van der Waals surface area (Å²) in [5.41, 5.74) is 8.01. The molecule has 0 aromatic heterocycles. The van der Waals surface area contributed by atoms with Crippen LogP contribution in [0, 0.1) is 0 Å². The lowest BCUT2D eigenvalue weighted by Gasteiger charge is -2.21. The minimum Gasteiger partial charge on any atom is -0.489 e. The van der Waals surface area contributed by atoms with Crippen molar-refractivity contribution in [2.24, 2.45) is 5.73 Å². The lowest BCUT2D eigenvalue weighted by Crippen LogP contribution is -2.45. The molecule has 0 unspecified atom stereocenters. The fraction of sp³-hybridized carbons (Fsp3) is 0.175. The molecule has 0 radical (unpaired) electrons. The highest BCUT2D eigenvalue weighted by Gasteiger charge is 2.23. The minimum atomic E-state index is -0.899. The van der Waals surface area contributed by atoms with E-state index in [4.69, 9.17) is 19.9 Å². The van der Waals surface area contributed by atoms with Crippen molar-refractivity contribution in [3.8, 4) is 22.6 Å². The third-order valence-electron chi connectivity index (χ3n) is 7.79. The predicted molar refractivity (Wildman–Crippen MR) is 194 cm³/mol. The van der Waals surface area contributed by atoms with Gasteiger partial charge in [-0.05, 0) is 71.3 Å². The van der Waals surface area contributed by atoms with Crippen molar-refractivity contribution in [2.45, 2.75) is 18.9 Å². The number of ether oxygens (including phenoxy) is 3. The van der Waals surface area contributed by atoms with Crippen molar-refractivity contribution in [3.05, 3.63) is 128 Å². The van der Waals surface area contributed by atoms with Gasteiger partial charge in [0.25, 0.3) is 5.91 Å². The van der Waals surface area contributed by atoms with Crippen molar-refractivity contribution in [2.75, 3.05) is 31.7 Å². The number of esters is 1. The van der Waals surface area contributed by atoms with Gasteiger partial charge >= 0.3 is 5.97 Å². The van der Waals surface area contributed by atoms with E-state index in [9.17, 15) is 14.4 Å². The highest BCUT2D eigenvalue weighted by Crippen LogP contribution is 2.45. The maximum Gasteiger partial charge on any atom is 0.338 e. The summed E-state index contributed by atoms with van der Waals surface area (Å²) in [7, 11) is 0. The standard InChI is InChI=1S/C40H39N3O6/c1-3-23-47-34-20-18-27-11-5-7-15-31(27)37(34)38-32-16-8-6-12-28(32)19-21-35(38)49-26-36(44)43-33(17-10-22-41)39(45)42-30-14-9-13-29(25-30)40(46)48-24-4-2/h3-9,11-16,18-21,25,33H,1-2,10,17,22-24,26,41H2,(H,42,45)(H,43,44)/t33-/m1/s1. The number of benzene rings is 5. The van der Waals surface area contributed by atoms with E-state index in [1.54, 1.807) is 24.3 Å². The fourth-order valence-electron chi connectivity index (χ4n) is 5.55. The zero-order chi connectivity index (χ0) is 34.6. The second-order valence-corrected chi connectivity index (χ2v) is 11.2. The molecule has 0 heterocycles. The van der Waals surface area contributed by atoms with Gasteiger partial charge < -0.3 is 30.6 Å². The van der Waals surface area contributed by atoms with Crippen molar-refractivity contribution in [1.29, 1.82) is 0 Å². The van der Waals surface area contributed by atoms with E-state index in [2.05, 4.69) is 23.8 Å². The number of anilines is 1. The summed E-state index contributed by atoms with van der Waals surface area (Å²) in [4.78, 5) is 39.0. The van der Waals surface area contributed by atoms with Crippen LogP contribution in [0.15, 0.2) is 122 Å². The average Bonchev–Trinajstić information content (AvgIpc) is 3.13. The largest absolute Gasteiger partial charge is 0.489 e. The van der Waals surface area contributed by atoms with Gasteiger partial charge in [-0.1, -0.05) is 92.0 Å². The molecule has 0 aliphatic carbocycles. The Morgan fingerprint density at radius 3 is 2.02 bits per heavy atom. The molecule has 0 saturated carbocycles. The van der Waals surface area contributed by atoms with Crippen LogP contribution < -0.4 is 25.8 Å². The Labute approximate surface area is 285 Å². The topological polar surface area (TPSA) is 129 Å². The van der Waals surface area contributed by atoms with Crippen LogP contribution in [0.3, 0.4) is 0 Å². The summed E-state index contributed by atoms with van der Waals surface area (Å²) in [6.45, 7) is 7.71. The number of amides is 2. The molecule has 0 aliphatic heterocycles. The summed E-state index contributed by atoms with van der Waals surface area (Å²) in [6.07, 6.45) is 3.96. The number of fused-ring (bicyclic) bond motifs is 2. The second-order valence-electron chi connectivity index (χ2n) is 11.2. The molecule has 4 N–H and O–H groups in total. The van der Waals surface area contributed by atoms with Crippen molar-refractivity contribution < 1.29 is 28.6 Å². The second kappa shape index (κ2) is 16.8. The van der Waals surface area contributed by atoms with E-state index in [1.807, 2.05) is 72.8 Å². The molecule has 49 heavy (non-hydrogen) atoms. The summed E-state index contributed by atoms with van der Waals surface area (Å²) in [5, 5.41) is 9.50. The number of carbonyl (C=O) groups is 3. The minimum absolute atomic E-state index is 0.0670. The number of rotatable bonds is 16. The van der Waals surface area contributed by atoms with E-state index in [0.717, 1.165) is 32.7 Å². The van der Waals surface area contributed by atoms with E-state index < -0.39 is 23.8 Å². The highest BCUT2D eigenvalue weighted by atomic mass is 16.5. The van der Waals surface area contributed by atoms with E-state index in [0.29, 0.717) is 43.2 Å². The molecule has 250 valence electrons. The van der Waals surface area contributed by atoms with Crippen LogP contribution in [0.4, 0.5) is 5.69 Å². The first kappa shape index (κ1) is 34.4. The Bertz CT molecular complexity index is 1990. The summed E-state index contributed by atoms with van der Waals surface area (Å²) in [6, 6.07) is 29.2.